The number of amides is 3. The lowest BCUT2D eigenvalue weighted by molar-refractivity contribution is -0.136. The second-order valence-corrected chi connectivity index (χ2v) is 8.03. The average Bonchev–Trinajstić information content (AvgIpc) is 3.35. The molecule has 1 aromatic carbocycles. The predicted molar refractivity (Wildman–Crippen MR) is 117 cm³/mol. The Balaban J connectivity index is 1.56. The van der Waals surface area contributed by atoms with E-state index in [0.717, 1.165) is 31.6 Å². The first-order valence-corrected chi connectivity index (χ1v) is 10.4. The van der Waals surface area contributed by atoms with Crippen LogP contribution in [0.2, 0.25) is 0 Å². The Morgan fingerprint density at radius 3 is 2.61 bits per heavy atom. The van der Waals surface area contributed by atoms with Gasteiger partial charge in [0.1, 0.15) is 5.82 Å². The molecule has 9 nitrogen and oxygen atoms in total. The van der Waals surface area contributed by atoms with E-state index in [9.17, 15) is 14.4 Å². The largest absolute Gasteiger partial charge is 0.349 e. The SMILES string of the molecule is Cc1cnn(C2CCN(Cc3ccccc3)C2)c1NC(=O)C(=O)NCCC(=O)N(C)C. The van der Waals surface area contributed by atoms with Crippen molar-refractivity contribution in [3.05, 3.63) is 47.7 Å². The van der Waals surface area contributed by atoms with Gasteiger partial charge in [-0.05, 0) is 18.9 Å². The molecule has 1 aromatic heterocycles. The summed E-state index contributed by atoms with van der Waals surface area (Å²) in [5.74, 6) is -1.11. The number of rotatable bonds is 7. The summed E-state index contributed by atoms with van der Waals surface area (Å²) in [6.45, 7) is 4.58. The van der Waals surface area contributed by atoms with Crippen LogP contribution in [-0.4, -0.2) is 71.0 Å². The number of aromatic nitrogens is 2. The number of hydrogen-bond acceptors (Lipinski definition) is 5. The molecule has 166 valence electrons. The van der Waals surface area contributed by atoms with Gasteiger partial charge in [0.05, 0.1) is 12.2 Å². The zero-order valence-corrected chi connectivity index (χ0v) is 18.3. The molecule has 3 amide bonds. The summed E-state index contributed by atoms with van der Waals surface area (Å²) in [5.41, 5.74) is 2.06. The maximum Gasteiger partial charge on any atom is 0.314 e. The Hall–Kier alpha value is -3.20. The standard InChI is InChI=1S/C22H30N6O3/c1-16-13-24-28(18-10-12-27(15-18)14-17-7-5-4-6-8-17)20(16)25-22(31)21(30)23-11-9-19(29)26(2)3/h4-8,13,18H,9-12,14-15H2,1-3H3,(H,23,30)(H,25,31). The van der Waals surface area contributed by atoms with Crippen molar-refractivity contribution in [2.24, 2.45) is 0 Å². The summed E-state index contributed by atoms with van der Waals surface area (Å²) in [4.78, 5) is 39.9. The fraction of sp³-hybridized carbons (Fsp3) is 0.455. The van der Waals surface area contributed by atoms with Crippen LogP contribution in [0.4, 0.5) is 5.82 Å². The summed E-state index contributed by atoms with van der Waals surface area (Å²) >= 11 is 0. The molecular formula is C22H30N6O3. The van der Waals surface area contributed by atoms with Gasteiger partial charge >= 0.3 is 11.8 Å². The van der Waals surface area contributed by atoms with E-state index in [1.165, 1.54) is 10.5 Å². The summed E-state index contributed by atoms with van der Waals surface area (Å²) in [6, 6.07) is 10.4. The first-order valence-electron chi connectivity index (χ1n) is 10.4. The molecule has 1 atom stereocenters. The predicted octanol–water partition coefficient (Wildman–Crippen LogP) is 1.17. The highest BCUT2D eigenvalue weighted by Crippen LogP contribution is 2.27. The minimum absolute atomic E-state index is 0.110. The highest BCUT2D eigenvalue weighted by Gasteiger charge is 2.28. The number of carbonyl (C=O) groups is 3. The maximum absolute atomic E-state index is 12.4. The first kappa shape index (κ1) is 22.5. The van der Waals surface area contributed by atoms with Crippen LogP contribution < -0.4 is 10.6 Å². The lowest BCUT2D eigenvalue weighted by Gasteiger charge is -2.18. The topological polar surface area (TPSA) is 99.6 Å². The number of benzene rings is 1. The molecular weight excluding hydrogens is 396 g/mol. The Kier molecular flexibility index (Phi) is 7.41. The van der Waals surface area contributed by atoms with E-state index in [0.29, 0.717) is 5.82 Å². The number of carbonyl (C=O) groups excluding carboxylic acids is 3. The van der Waals surface area contributed by atoms with Crippen LogP contribution in [0.3, 0.4) is 0 Å². The fourth-order valence-electron chi connectivity index (χ4n) is 3.63. The van der Waals surface area contributed by atoms with Crippen molar-refractivity contribution in [1.82, 2.24) is 24.9 Å². The van der Waals surface area contributed by atoms with E-state index in [4.69, 9.17) is 0 Å². The molecule has 1 unspecified atom stereocenters. The lowest BCUT2D eigenvalue weighted by Crippen LogP contribution is -2.38. The number of likely N-dealkylation sites (tertiary alicyclic amines) is 1. The van der Waals surface area contributed by atoms with Gasteiger partial charge in [-0.15, -0.1) is 0 Å². The third-order valence-corrected chi connectivity index (χ3v) is 5.38. The summed E-state index contributed by atoms with van der Waals surface area (Å²) in [6.07, 6.45) is 2.75. The fourth-order valence-corrected chi connectivity index (χ4v) is 3.63. The lowest BCUT2D eigenvalue weighted by atomic mass is 10.2. The normalized spacial score (nSPS) is 16.2. The van der Waals surface area contributed by atoms with Crippen molar-refractivity contribution in [3.63, 3.8) is 0 Å². The molecule has 2 aromatic rings. The van der Waals surface area contributed by atoms with Gasteiger partial charge in [0.2, 0.25) is 5.91 Å². The van der Waals surface area contributed by atoms with Gasteiger partial charge in [-0.3, -0.25) is 19.3 Å². The van der Waals surface area contributed by atoms with Crippen molar-refractivity contribution in [3.8, 4) is 0 Å². The first-order chi connectivity index (χ1) is 14.8. The van der Waals surface area contributed by atoms with E-state index >= 15 is 0 Å². The molecule has 31 heavy (non-hydrogen) atoms. The molecule has 0 bridgehead atoms. The van der Waals surface area contributed by atoms with Gasteiger partial charge in [0.25, 0.3) is 0 Å². The third kappa shape index (κ3) is 5.91. The highest BCUT2D eigenvalue weighted by molar-refractivity contribution is 6.39. The van der Waals surface area contributed by atoms with Crippen LogP contribution >= 0.6 is 0 Å². The number of nitrogens with zero attached hydrogens (tertiary/aromatic N) is 4. The maximum atomic E-state index is 12.4. The monoisotopic (exact) mass is 426 g/mol. The van der Waals surface area contributed by atoms with Crippen molar-refractivity contribution in [1.29, 1.82) is 0 Å². The number of anilines is 1. The second kappa shape index (κ2) is 10.2. The van der Waals surface area contributed by atoms with E-state index in [1.54, 1.807) is 25.0 Å². The van der Waals surface area contributed by atoms with Crippen molar-refractivity contribution >= 4 is 23.5 Å². The minimum atomic E-state index is -0.768. The van der Waals surface area contributed by atoms with E-state index in [-0.39, 0.29) is 24.9 Å². The van der Waals surface area contributed by atoms with Crippen molar-refractivity contribution < 1.29 is 14.4 Å². The molecule has 0 saturated carbocycles. The summed E-state index contributed by atoms with van der Waals surface area (Å²) in [7, 11) is 3.29. The van der Waals surface area contributed by atoms with E-state index in [2.05, 4.69) is 32.8 Å². The number of hydrogen-bond donors (Lipinski definition) is 2. The van der Waals surface area contributed by atoms with Gasteiger partial charge in [0, 0.05) is 52.3 Å². The van der Waals surface area contributed by atoms with Crippen LogP contribution in [0.25, 0.3) is 0 Å². The highest BCUT2D eigenvalue weighted by atomic mass is 16.2. The molecule has 0 aliphatic carbocycles. The third-order valence-electron chi connectivity index (χ3n) is 5.38. The van der Waals surface area contributed by atoms with Crippen LogP contribution in [-0.2, 0) is 20.9 Å². The molecule has 9 heteroatoms. The molecule has 1 aliphatic rings. The van der Waals surface area contributed by atoms with Gasteiger partial charge in [-0.25, -0.2) is 4.68 Å². The summed E-state index contributed by atoms with van der Waals surface area (Å²) < 4.78 is 1.81. The van der Waals surface area contributed by atoms with Gasteiger partial charge in [-0.1, -0.05) is 30.3 Å². The zero-order chi connectivity index (χ0) is 22.4. The molecule has 0 radical (unpaired) electrons. The van der Waals surface area contributed by atoms with Crippen LogP contribution in [0.15, 0.2) is 36.5 Å². The average molecular weight is 427 g/mol. The molecule has 1 fully saturated rings. The molecule has 0 spiro atoms. The second-order valence-electron chi connectivity index (χ2n) is 8.03. The molecule has 2 N–H and O–H groups in total. The van der Waals surface area contributed by atoms with Crippen molar-refractivity contribution in [2.75, 3.05) is 39.0 Å². The van der Waals surface area contributed by atoms with Crippen LogP contribution in [0.5, 0.6) is 0 Å². The van der Waals surface area contributed by atoms with Crippen molar-refractivity contribution in [2.45, 2.75) is 32.4 Å². The van der Waals surface area contributed by atoms with Gasteiger partial charge < -0.3 is 15.5 Å². The smallest absolute Gasteiger partial charge is 0.314 e. The molecule has 2 heterocycles. The Morgan fingerprint density at radius 1 is 1.16 bits per heavy atom. The van der Waals surface area contributed by atoms with Gasteiger partial charge in [0.15, 0.2) is 0 Å². The quantitative estimate of drug-likeness (QED) is 0.648. The number of nitrogens with one attached hydrogen (secondary N) is 2. The van der Waals surface area contributed by atoms with Gasteiger partial charge in [-0.2, -0.15) is 5.10 Å². The summed E-state index contributed by atoms with van der Waals surface area (Å²) in [5, 5.41) is 9.63. The van der Waals surface area contributed by atoms with Crippen LogP contribution in [0, 0.1) is 6.92 Å². The Labute approximate surface area is 182 Å². The Bertz CT molecular complexity index is 925. The Morgan fingerprint density at radius 2 is 1.90 bits per heavy atom. The van der Waals surface area contributed by atoms with Crippen LogP contribution in [0.1, 0.15) is 30.0 Å². The minimum Gasteiger partial charge on any atom is -0.349 e. The number of aryl methyl sites for hydroxylation is 1. The zero-order valence-electron chi connectivity index (χ0n) is 18.3. The van der Waals surface area contributed by atoms with E-state index in [1.807, 2.05) is 25.1 Å². The van der Waals surface area contributed by atoms with E-state index < -0.39 is 11.8 Å². The molecule has 1 saturated heterocycles. The molecule has 1 aliphatic heterocycles. The molecule has 3 rings (SSSR count).